The van der Waals surface area contributed by atoms with Gasteiger partial charge in [-0.1, -0.05) is 10.3 Å². The van der Waals surface area contributed by atoms with Gasteiger partial charge in [-0.15, -0.1) is 0 Å². The van der Waals surface area contributed by atoms with E-state index in [1.807, 2.05) is 5.32 Å². The number of aryl methyl sites for hydroxylation is 2. The van der Waals surface area contributed by atoms with Crippen LogP contribution in [0.4, 0.5) is 10.7 Å². The number of nitrogens with zero attached hydrogens (tertiary/aromatic N) is 5. The van der Waals surface area contributed by atoms with Crippen molar-refractivity contribution in [3.8, 4) is 0 Å². The Kier molecular flexibility index (Phi) is 5.47. The number of amides is 2. The Labute approximate surface area is 117 Å². The number of azide groups is 1. The lowest BCUT2D eigenvalue weighted by atomic mass is 10.4. The maximum atomic E-state index is 10.7. The van der Waals surface area contributed by atoms with Crippen LogP contribution in [0.1, 0.15) is 21.9 Å². The lowest BCUT2D eigenvalue weighted by Gasteiger charge is -1.88. The van der Waals surface area contributed by atoms with E-state index in [2.05, 4.69) is 29.4 Å². The highest BCUT2D eigenvalue weighted by Crippen LogP contribution is 2.07. The number of nitrogens with one attached hydrogen (secondary N) is 1. The quantitative estimate of drug-likeness (QED) is 0.487. The van der Waals surface area contributed by atoms with E-state index in [1.165, 1.54) is 12.1 Å². The van der Waals surface area contributed by atoms with Gasteiger partial charge in [-0.25, -0.2) is 4.79 Å². The van der Waals surface area contributed by atoms with E-state index in [0.717, 1.165) is 0 Å². The van der Waals surface area contributed by atoms with Crippen molar-refractivity contribution in [3.05, 3.63) is 39.7 Å². The smallest absolute Gasteiger partial charge is 0.411 e. The second kappa shape index (κ2) is 7.31. The first-order valence-electron chi connectivity index (χ1n) is 5.38. The molecule has 0 aliphatic rings. The first kappa shape index (κ1) is 15.7. The molecule has 2 N–H and O–H groups in total. The summed E-state index contributed by atoms with van der Waals surface area (Å²) in [7, 11) is 0. The standard InChI is InChI=1S/C5H4N4O2.C5H6N2O3/c1-3-2-4(11-8-3)5(10)7-9-6;1-3-2-4(10-7-3)6-5(8)9/h2H,1H3;2,6H,1H3,(H,8,9). The SMILES string of the molecule is Cc1cc(C(=O)N=[N+]=[N-])on1.Cc1cc(NC(=O)O)on1. The molecule has 0 atom stereocenters. The fraction of sp³-hybridized carbons (Fsp3) is 0.200. The van der Waals surface area contributed by atoms with Gasteiger partial charge in [-0.05, 0) is 24.5 Å². The maximum Gasteiger partial charge on any atom is 0.411 e. The number of carbonyl (C=O) groups excluding carboxylic acids is 1. The summed E-state index contributed by atoms with van der Waals surface area (Å²) in [4.78, 5) is 23.0. The van der Waals surface area contributed by atoms with Crippen LogP contribution in [0.15, 0.2) is 26.3 Å². The highest BCUT2D eigenvalue weighted by molar-refractivity contribution is 5.92. The molecule has 0 aromatic carbocycles. The van der Waals surface area contributed by atoms with Crippen LogP contribution in [0.3, 0.4) is 0 Å². The number of carboxylic acid groups (broad SMARTS) is 1. The molecular formula is C10H10N6O5. The van der Waals surface area contributed by atoms with Crippen molar-refractivity contribution in [2.24, 2.45) is 5.11 Å². The zero-order chi connectivity index (χ0) is 15.8. The van der Waals surface area contributed by atoms with Crippen molar-refractivity contribution in [1.29, 1.82) is 0 Å². The number of hydrogen-bond acceptors (Lipinski definition) is 6. The van der Waals surface area contributed by atoms with E-state index < -0.39 is 12.0 Å². The monoisotopic (exact) mass is 294 g/mol. The normalized spacial score (nSPS) is 9.05. The lowest BCUT2D eigenvalue weighted by Crippen LogP contribution is -2.05. The van der Waals surface area contributed by atoms with Crippen molar-refractivity contribution < 1.29 is 23.7 Å². The highest BCUT2D eigenvalue weighted by atomic mass is 16.5. The molecule has 110 valence electrons. The Morgan fingerprint density at radius 2 is 1.90 bits per heavy atom. The van der Waals surface area contributed by atoms with Crippen molar-refractivity contribution >= 4 is 17.9 Å². The molecule has 2 amide bonds. The van der Waals surface area contributed by atoms with Crippen molar-refractivity contribution in [2.75, 3.05) is 5.32 Å². The van der Waals surface area contributed by atoms with Crippen LogP contribution >= 0.6 is 0 Å². The molecule has 2 aromatic rings. The van der Waals surface area contributed by atoms with E-state index in [-0.39, 0.29) is 11.6 Å². The average molecular weight is 294 g/mol. The maximum absolute atomic E-state index is 10.7. The fourth-order valence-electron chi connectivity index (χ4n) is 1.08. The Balaban J connectivity index is 0.000000211. The van der Waals surface area contributed by atoms with Gasteiger partial charge in [0.15, 0.2) is 0 Å². The summed E-state index contributed by atoms with van der Waals surface area (Å²) < 4.78 is 9.05. The largest absolute Gasteiger partial charge is 0.465 e. The van der Waals surface area contributed by atoms with Crippen molar-refractivity contribution in [3.63, 3.8) is 0 Å². The molecule has 0 radical (unpaired) electrons. The van der Waals surface area contributed by atoms with Gasteiger partial charge in [-0.2, -0.15) is 0 Å². The van der Waals surface area contributed by atoms with Crippen LogP contribution < -0.4 is 5.32 Å². The third kappa shape index (κ3) is 5.44. The van der Waals surface area contributed by atoms with Gasteiger partial charge < -0.3 is 14.2 Å². The molecule has 0 bridgehead atoms. The van der Waals surface area contributed by atoms with Crippen molar-refractivity contribution in [1.82, 2.24) is 10.3 Å². The molecule has 2 aromatic heterocycles. The van der Waals surface area contributed by atoms with Crippen LogP contribution in [0.25, 0.3) is 10.4 Å². The second-order valence-corrected chi connectivity index (χ2v) is 3.59. The number of hydrogen-bond donors (Lipinski definition) is 2. The Morgan fingerprint density at radius 1 is 1.29 bits per heavy atom. The zero-order valence-corrected chi connectivity index (χ0v) is 11.0. The number of anilines is 1. The Hall–Kier alpha value is -3.33. The van der Waals surface area contributed by atoms with Crippen LogP contribution in [-0.4, -0.2) is 27.4 Å². The topological polar surface area (TPSA) is 167 Å². The molecule has 0 saturated carbocycles. The first-order chi connectivity index (χ1) is 9.92. The third-order valence-corrected chi connectivity index (χ3v) is 1.83. The summed E-state index contributed by atoms with van der Waals surface area (Å²) in [6, 6.07) is 2.89. The van der Waals surface area contributed by atoms with Crippen LogP contribution in [-0.2, 0) is 0 Å². The van der Waals surface area contributed by atoms with Gasteiger partial charge in [0.05, 0.1) is 11.4 Å². The highest BCUT2D eigenvalue weighted by Gasteiger charge is 2.08. The second-order valence-electron chi connectivity index (χ2n) is 3.59. The summed E-state index contributed by atoms with van der Waals surface area (Å²) in [5.41, 5.74) is 9.09. The Morgan fingerprint density at radius 3 is 2.33 bits per heavy atom. The fourth-order valence-corrected chi connectivity index (χ4v) is 1.08. The summed E-state index contributed by atoms with van der Waals surface area (Å²) in [6.45, 7) is 3.37. The first-order valence-corrected chi connectivity index (χ1v) is 5.38. The third-order valence-electron chi connectivity index (χ3n) is 1.83. The van der Waals surface area contributed by atoms with E-state index in [9.17, 15) is 9.59 Å². The molecule has 11 nitrogen and oxygen atoms in total. The molecule has 2 heterocycles. The average Bonchev–Trinajstić information content (AvgIpc) is 2.99. The van der Waals surface area contributed by atoms with Gasteiger partial charge in [0.2, 0.25) is 11.6 Å². The molecule has 0 saturated heterocycles. The minimum Gasteiger partial charge on any atom is -0.465 e. The minimum absolute atomic E-state index is 0.0414. The van der Waals surface area contributed by atoms with Gasteiger partial charge in [-0.3, -0.25) is 10.1 Å². The molecule has 0 aliphatic carbocycles. The number of rotatable bonds is 2. The van der Waals surface area contributed by atoms with Gasteiger partial charge in [0.1, 0.15) is 0 Å². The van der Waals surface area contributed by atoms with E-state index in [1.54, 1.807) is 13.8 Å². The molecule has 0 spiro atoms. The lowest BCUT2D eigenvalue weighted by molar-refractivity contribution is 0.0965. The zero-order valence-electron chi connectivity index (χ0n) is 11.0. The molecule has 11 heteroatoms. The molecule has 0 unspecified atom stereocenters. The van der Waals surface area contributed by atoms with Crippen LogP contribution in [0.5, 0.6) is 0 Å². The van der Waals surface area contributed by atoms with Gasteiger partial charge in [0.25, 0.3) is 5.91 Å². The molecular weight excluding hydrogens is 284 g/mol. The number of carbonyl (C=O) groups is 2. The summed E-state index contributed by atoms with van der Waals surface area (Å²) in [6.07, 6.45) is -1.16. The minimum atomic E-state index is -1.16. The summed E-state index contributed by atoms with van der Waals surface area (Å²) in [5.74, 6) is -0.654. The molecule has 2 rings (SSSR count). The van der Waals surface area contributed by atoms with E-state index in [4.69, 9.17) is 10.6 Å². The van der Waals surface area contributed by atoms with E-state index >= 15 is 0 Å². The van der Waals surface area contributed by atoms with Gasteiger partial charge >= 0.3 is 6.09 Å². The Bertz CT molecular complexity index is 684. The van der Waals surface area contributed by atoms with Crippen LogP contribution in [0.2, 0.25) is 0 Å². The van der Waals surface area contributed by atoms with Gasteiger partial charge in [0, 0.05) is 17.0 Å². The molecule has 0 aliphatic heterocycles. The van der Waals surface area contributed by atoms with E-state index in [0.29, 0.717) is 11.4 Å². The predicted molar refractivity (Wildman–Crippen MR) is 67.6 cm³/mol. The predicted octanol–water partition coefficient (Wildman–Crippen LogP) is 2.51. The summed E-state index contributed by atoms with van der Waals surface area (Å²) >= 11 is 0. The number of aromatic nitrogens is 2. The summed E-state index contributed by atoms with van der Waals surface area (Å²) in [5, 5.41) is 19.9. The molecule has 0 fully saturated rings. The van der Waals surface area contributed by atoms with Crippen LogP contribution in [0, 0.1) is 13.8 Å². The molecule has 21 heavy (non-hydrogen) atoms. The van der Waals surface area contributed by atoms with Crippen molar-refractivity contribution in [2.45, 2.75) is 13.8 Å².